The molecule has 0 aliphatic carbocycles. The van der Waals surface area contributed by atoms with Crippen LogP contribution in [0.15, 0.2) is 42.5 Å². The highest BCUT2D eigenvalue weighted by atomic mass is 35.5. The molecular weight excluding hydrogens is 472 g/mol. The monoisotopic (exact) mass is 493 g/mol. The number of carbonyl (C=O) groups is 1. The maximum absolute atomic E-state index is 13.2. The first kappa shape index (κ1) is 25.2. The van der Waals surface area contributed by atoms with Crippen LogP contribution in [0.5, 0.6) is 0 Å². The second-order valence-electron chi connectivity index (χ2n) is 7.93. The highest BCUT2D eigenvalue weighted by Crippen LogP contribution is 2.38. The van der Waals surface area contributed by atoms with Gasteiger partial charge in [0.2, 0.25) is 0 Å². The van der Waals surface area contributed by atoms with E-state index in [2.05, 4.69) is 5.32 Å². The van der Waals surface area contributed by atoms with Crippen LogP contribution in [0.2, 0.25) is 5.02 Å². The lowest BCUT2D eigenvalue weighted by Gasteiger charge is -2.40. The van der Waals surface area contributed by atoms with Gasteiger partial charge >= 0.3 is 18.4 Å². The molecule has 0 aromatic heterocycles. The molecule has 11 heteroatoms. The third-order valence-electron chi connectivity index (χ3n) is 5.79. The molecule has 2 aromatic rings. The van der Waals surface area contributed by atoms with E-state index in [1.165, 1.54) is 11.9 Å². The smallest absolute Gasteiger partial charge is 0.324 e. The average molecular weight is 494 g/mol. The topological polar surface area (TPSA) is 35.6 Å². The number of urea groups is 1. The molecule has 0 saturated carbocycles. The number of carbonyl (C=O) groups excluding carboxylic acids is 1. The summed E-state index contributed by atoms with van der Waals surface area (Å²) in [6, 6.07) is 7.18. The van der Waals surface area contributed by atoms with Gasteiger partial charge < -0.3 is 10.2 Å². The van der Waals surface area contributed by atoms with E-state index in [1.807, 2.05) is 12.1 Å². The van der Waals surface area contributed by atoms with E-state index >= 15 is 0 Å². The van der Waals surface area contributed by atoms with Crippen molar-refractivity contribution in [3.05, 3.63) is 64.2 Å². The summed E-state index contributed by atoms with van der Waals surface area (Å²) in [4.78, 5) is 15.3. The lowest BCUT2D eigenvalue weighted by Crippen LogP contribution is -2.52. The second kappa shape index (κ2) is 9.42. The van der Waals surface area contributed by atoms with Crippen molar-refractivity contribution in [3.63, 3.8) is 0 Å². The van der Waals surface area contributed by atoms with Gasteiger partial charge in [-0.2, -0.15) is 26.3 Å². The zero-order chi connectivity index (χ0) is 24.6. The molecule has 1 aliphatic rings. The lowest BCUT2D eigenvalue weighted by molar-refractivity contribution is -0.143. The summed E-state index contributed by atoms with van der Waals surface area (Å²) in [6.45, 7) is 1.16. The normalized spacial score (nSPS) is 19.3. The van der Waals surface area contributed by atoms with Crippen LogP contribution in [0, 0.1) is 0 Å². The molecule has 2 atom stereocenters. The fourth-order valence-corrected chi connectivity index (χ4v) is 4.11. The Hall–Kier alpha value is -2.46. The minimum atomic E-state index is -5.00. The number of halogens is 7. The zero-order valence-corrected chi connectivity index (χ0v) is 18.5. The van der Waals surface area contributed by atoms with Gasteiger partial charge in [0.05, 0.1) is 11.1 Å². The van der Waals surface area contributed by atoms with Gasteiger partial charge in [-0.1, -0.05) is 23.7 Å². The molecule has 0 radical (unpaired) electrons. The highest BCUT2D eigenvalue weighted by Gasteiger charge is 2.38. The zero-order valence-electron chi connectivity index (χ0n) is 17.8. The Morgan fingerprint density at radius 2 is 1.52 bits per heavy atom. The number of benzene rings is 2. The van der Waals surface area contributed by atoms with Gasteiger partial charge in [0, 0.05) is 43.3 Å². The summed E-state index contributed by atoms with van der Waals surface area (Å²) in [5.41, 5.74) is -2.53. The van der Waals surface area contributed by atoms with Crippen molar-refractivity contribution in [2.75, 3.05) is 32.1 Å². The molecule has 180 valence electrons. The molecule has 4 nitrogen and oxygen atoms in total. The van der Waals surface area contributed by atoms with Crippen LogP contribution in [0.3, 0.4) is 0 Å². The van der Waals surface area contributed by atoms with Crippen molar-refractivity contribution in [1.29, 1.82) is 0 Å². The van der Waals surface area contributed by atoms with Crippen molar-refractivity contribution in [3.8, 4) is 0 Å². The third-order valence-corrected chi connectivity index (χ3v) is 6.04. The minimum Gasteiger partial charge on any atom is -0.324 e. The largest absolute Gasteiger partial charge is 0.416 e. The number of nitrogens with one attached hydrogen (secondary N) is 1. The number of likely N-dealkylation sites (N-methyl/N-ethyl adjacent to an activating group) is 1. The maximum atomic E-state index is 13.2. The Kier molecular flexibility index (Phi) is 7.18. The van der Waals surface area contributed by atoms with Crippen molar-refractivity contribution < 1.29 is 31.1 Å². The summed E-state index contributed by atoms with van der Waals surface area (Å²) in [6.07, 6.45) is -9.44. The van der Waals surface area contributed by atoms with Gasteiger partial charge in [-0.3, -0.25) is 4.90 Å². The van der Waals surface area contributed by atoms with E-state index < -0.39 is 35.2 Å². The Balaban J connectivity index is 1.91. The van der Waals surface area contributed by atoms with Crippen LogP contribution in [0.25, 0.3) is 0 Å². The summed E-state index contributed by atoms with van der Waals surface area (Å²) >= 11 is 5.95. The lowest BCUT2D eigenvalue weighted by atomic mass is 9.86. The molecular formula is C22H22ClF6N3O. The van der Waals surface area contributed by atoms with Gasteiger partial charge in [-0.15, -0.1) is 0 Å². The Bertz CT molecular complexity index is 961. The molecule has 2 aromatic carbocycles. The Morgan fingerprint density at radius 1 is 0.970 bits per heavy atom. The molecule has 1 heterocycles. The van der Waals surface area contributed by atoms with E-state index in [0.29, 0.717) is 36.7 Å². The van der Waals surface area contributed by atoms with Crippen molar-refractivity contribution in [1.82, 2.24) is 10.2 Å². The molecule has 1 saturated heterocycles. The fraction of sp³-hybridized carbons (Fsp3) is 0.409. The van der Waals surface area contributed by atoms with Crippen molar-refractivity contribution >= 4 is 23.3 Å². The van der Waals surface area contributed by atoms with Gasteiger partial charge in [-0.25, -0.2) is 4.79 Å². The molecule has 0 spiro atoms. The quantitative estimate of drug-likeness (QED) is 0.531. The first-order chi connectivity index (χ1) is 15.3. The number of hydrogen-bond donors (Lipinski definition) is 1. The van der Waals surface area contributed by atoms with E-state index in [4.69, 9.17) is 11.6 Å². The first-order valence-electron chi connectivity index (χ1n) is 10.0. The Morgan fingerprint density at radius 3 is 2.03 bits per heavy atom. The number of alkyl halides is 6. The summed E-state index contributed by atoms with van der Waals surface area (Å²) in [7, 11) is 2.66. The predicted molar refractivity (Wildman–Crippen MR) is 113 cm³/mol. The molecule has 1 fully saturated rings. The number of nitrogens with zero attached hydrogens (tertiary/aromatic N) is 2. The van der Waals surface area contributed by atoms with Crippen LogP contribution in [0.1, 0.15) is 29.0 Å². The number of hydrogen-bond acceptors (Lipinski definition) is 2. The summed E-state index contributed by atoms with van der Waals surface area (Å²) < 4.78 is 79.3. The summed E-state index contributed by atoms with van der Waals surface area (Å²) in [5, 5.41) is 3.80. The maximum Gasteiger partial charge on any atom is 0.416 e. The molecule has 1 aliphatic heterocycles. The van der Waals surface area contributed by atoms with Gasteiger partial charge in [0.1, 0.15) is 0 Å². The molecule has 33 heavy (non-hydrogen) atoms. The number of amides is 2. The molecule has 1 N–H and O–H groups in total. The van der Waals surface area contributed by atoms with E-state index in [-0.39, 0.29) is 18.0 Å². The Labute approximate surface area is 192 Å². The van der Waals surface area contributed by atoms with Gasteiger partial charge in [-0.05, 0) is 48.9 Å². The van der Waals surface area contributed by atoms with E-state index in [0.717, 1.165) is 17.5 Å². The van der Waals surface area contributed by atoms with E-state index in [9.17, 15) is 31.1 Å². The van der Waals surface area contributed by atoms with Gasteiger partial charge in [0.15, 0.2) is 0 Å². The average Bonchev–Trinajstić information content (AvgIpc) is 2.76. The minimum absolute atomic E-state index is 0.0366. The molecule has 3 rings (SSSR count). The molecule has 0 unspecified atom stereocenters. The number of rotatable bonds is 3. The summed E-state index contributed by atoms with van der Waals surface area (Å²) in [5.74, 6) is -0.134. The van der Waals surface area contributed by atoms with Crippen LogP contribution < -0.4 is 10.2 Å². The highest BCUT2D eigenvalue weighted by molar-refractivity contribution is 6.30. The fourth-order valence-electron chi connectivity index (χ4n) is 3.98. The van der Waals surface area contributed by atoms with Crippen LogP contribution >= 0.6 is 11.6 Å². The first-order valence-corrected chi connectivity index (χ1v) is 10.4. The second-order valence-corrected chi connectivity index (χ2v) is 8.37. The standard InChI is InChI=1S/C22H22ClF6N3O/c1-31(17-10-14(21(24,25)26)9-15(11-17)22(27,28)29)20(33)32(2)19-7-8-30-12-18(19)13-3-5-16(23)6-4-13/h3-6,9-11,18-19,30H,7-8,12H2,1-2H3/t18-,19+/m0/s1. The third kappa shape index (κ3) is 5.73. The predicted octanol–water partition coefficient (Wildman–Crippen LogP) is 6.01. The number of piperidine rings is 1. The van der Waals surface area contributed by atoms with Crippen LogP contribution in [0.4, 0.5) is 36.8 Å². The van der Waals surface area contributed by atoms with E-state index in [1.54, 1.807) is 12.1 Å². The van der Waals surface area contributed by atoms with Gasteiger partial charge in [0.25, 0.3) is 0 Å². The van der Waals surface area contributed by atoms with Crippen molar-refractivity contribution in [2.24, 2.45) is 0 Å². The number of anilines is 1. The van der Waals surface area contributed by atoms with Crippen LogP contribution in [-0.4, -0.2) is 44.2 Å². The molecule has 2 amide bonds. The molecule has 0 bridgehead atoms. The SMILES string of the molecule is CN(C(=O)N(C)[C@@H]1CCNC[C@H]1c1ccc(Cl)cc1)c1cc(C(F)(F)F)cc(C(F)(F)F)c1. The van der Waals surface area contributed by atoms with Crippen molar-refractivity contribution in [2.45, 2.75) is 30.7 Å². The van der Waals surface area contributed by atoms with Crippen LogP contribution in [-0.2, 0) is 12.4 Å².